The van der Waals surface area contributed by atoms with E-state index in [0.717, 1.165) is 30.4 Å². The summed E-state index contributed by atoms with van der Waals surface area (Å²) in [7, 11) is -3.50. The lowest BCUT2D eigenvalue weighted by Crippen LogP contribution is -2.47. The van der Waals surface area contributed by atoms with E-state index >= 15 is 0 Å². The lowest BCUT2D eigenvalue weighted by atomic mass is 9.83. The number of fused-ring (bicyclic) bond motifs is 2. The fraction of sp³-hybridized carbons (Fsp3) is 0.458. The first kappa shape index (κ1) is 22.5. The molecule has 1 N–H and O–H groups in total. The molecule has 0 radical (unpaired) electrons. The lowest BCUT2D eigenvalue weighted by Gasteiger charge is -2.42. The zero-order valence-electron chi connectivity index (χ0n) is 18.7. The van der Waals surface area contributed by atoms with Crippen LogP contribution in [0.5, 0.6) is 11.5 Å². The van der Waals surface area contributed by atoms with Crippen LogP contribution in [0.15, 0.2) is 48.5 Å². The van der Waals surface area contributed by atoms with E-state index in [9.17, 15) is 13.2 Å². The molecule has 32 heavy (non-hydrogen) atoms. The quantitative estimate of drug-likeness (QED) is 0.737. The summed E-state index contributed by atoms with van der Waals surface area (Å²) >= 11 is 0. The van der Waals surface area contributed by atoms with Crippen molar-refractivity contribution in [3.63, 3.8) is 0 Å². The highest BCUT2D eigenvalue weighted by Gasteiger charge is 2.40. The maximum Gasteiger partial charge on any atom is 0.261 e. The Balaban J connectivity index is 1.59. The Morgan fingerprint density at radius 3 is 2.44 bits per heavy atom. The summed E-state index contributed by atoms with van der Waals surface area (Å²) in [6.07, 6.45) is 2.96. The molecule has 1 amide bonds. The molecule has 2 atom stereocenters. The van der Waals surface area contributed by atoms with Crippen molar-refractivity contribution in [2.24, 2.45) is 0 Å². The molecule has 0 fully saturated rings. The standard InChI is InChI=1S/C24H30N2O5S/c1-4-24(5-2)16-18(17-10-6-8-12-20(17)31-24)25-23(27)22-14-15-26(32(3,28)29)19-11-7-9-13-21(19)30-22/h6-13,18,22H,4-5,14-16H2,1-3H3,(H,25,27)/t18-,22+/m1/s1. The SMILES string of the molecule is CCC1(CC)C[C@@H](NC(=O)[C@@H]2CCN(S(C)(=O)=O)c3ccccc3O2)c2ccccc2O1. The van der Waals surface area contributed by atoms with Crippen LogP contribution in [-0.4, -0.2) is 38.8 Å². The van der Waals surface area contributed by atoms with Crippen molar-refractivity contribution in [2.45, 2.75) is 57.3 Å². The van der Waals surface area contributed by atoms with Gasteiger partial charge in [-0.15, -0.1) is 0 Å². The van der Waals surface area contributed by atoms with Crippen LogP contribution in [0.1, 0.15) is 51.1 Å². The molecule has 2 heterocycles. The number of ether oxygens (including phenoxy) is 2. The number of nitrogens with one attached hydrogen (secondary N) is 1. The van der Waals surface area contributed by atoms with Gasteiger partial charge in [0.2, 0.25) is 10.0 Å². The Labute approximate surface area is 189 Å². The van der Waals surface area contributed by atoms with Crippen molar-refractivity contribution in [3.05, 3.63) is 54.1 Å². The zero-order chi connectivity index (χ0) is 22.9. The molecule has 7 nitrogen and oxygen atoms in total. The van der Waals surface area contributed by atoms with Crippen molar-refractivity contribution in [3.8, 4) is 11.5 Å². The van der Waals surface area contributed by atoms with Gasteiger partial charge in [0.1, 0.15) is 17.1 Å². The van der Waals surface area contributed by atoms with Crippen molar-refractivity contribution in [1.29, 1.82) is 0 Å². The van der Waals surface area contributed by atoms with Gasteiger partial charge in [-0.25, -0.2) is 8.42 Å². The predicted octanol–water partition coefficient (Wildman–Crippen LogP) is 3.80. The van der Waals surface area contributed by atoms with Gasteiger partial charge in [-0.05, 0) is 31.0 Å². The van der Waals surface area contributed by atoms with E-state index in [-0.39, 0.29) is 30.5 Å². The summed E-state index contributed by atoms with van der Waals surface area (Å²) in [6, 6.07) is 14.5. The number of anilines is 1. The minimum absolute atomic E-state index is 0.173. The van der Waals surface area contributed by atoms with Crippen molar-refractivity contribution < 1.29 is 22.7 Å². The number of carbonyl (C=O) groups is 1. The van der Waals surface area contributed by atoms with Crippen LogP contribution in [-0.2, 0) is 14.8 Å². The molecule has 2 aromatic rings. The average molecular weight is 459 g/mol. The van der Waals surface area contributed by atoms with Gasteiger partial charge in [0.05, 0.1) is 18.0 Å². The van der Waals surface area contributed by atoms with Crippen LogP contribution < -0.4 is 19.1 Å². The molecule has 2 aromatic carbocycles. The molecule has 2 aliphatic heterocycles. The molecule has 172 valence electrons. The van der Waals surface area contributed by atoms with E-state index < -0.39 is 16.1 Å². The maximum atomic E-state index is 13.3. The van der Waals surface area contributed by atoms with E-state index in [0.29, 0.717) is 17.9 Å². The Hall–Kier alpha value is -2.74. The molecule has 8 heteroatoms. The second-order valence-electron chi connectivity index (χ2n) is 8.49. The maximum absolute atomic E-state index is 13.3. The second-order valence-corrected chi connectivity index (χ2v) is 10.4. The lowest BCUT2D eigenvalue weighted by molar-refractivity contribution is -0.129. The average Bonchev–Trinajstić information content (AvgIpc) is 2.99. The Morgan fingerprint density at radius 1 is 1.09 bits per heavy atom. The van der Waals surface area contributed by atoms with Crippen molar-refractivity contribution in [1.82, 2.24) is 5.32 Å². The highest BCUT2D eigenvalue weighted by molar-refractivity contribution is 7.92. The number of para-hydroxylation sites is 3. The molecule has 0 spiro atoms. The van der Waals surface area contributed by atoms with Crippen LogP contribution in [0.4, 0.5) is 5.69 Å². The number of carbonyl (C=O) groups excluding carboxylic acids is 1. The van der Waals surface area contributed by atoms with Crippen LogP contribution >= 0.6 is 0 Å². The number of rotatable bonds is 5. The first-order valence-electron chi connectivity index (χ1n) is 11.1. The van der Waals surface area contributed by atoms with Gasteiger partial charge in [0, 0.05) is 24.9 Å². The molecule has 0 saturated heterocycles. The summed E-state index contributed by atoms with van der Waals surface area (Å²) in [5, 5.41) is 3.17. The number of hydrogen-bond donors (Lipinski definition) is 1. The number of benzene rings is 2. The fourth-order valence-corrected chi connectivity index (χ4v) is 5.50. The molecular formula is C24H30N2O5S. The number of amides is 1. The monoisotopic (exact) mass is 458 g/mol. The zero-order valence-corrected chi connectivity index (χ0v) is 19.5. The van der Waals surface area contributed by atoms with E-state index in [2.05, 4.69) is 19.2 Å². The third-order valence-electron chi connectivity index (χ3n) is 6.49. The largest absolute Gasteiger partial charge is 0.487 e. The number of nitrogens with zero attached hydrogens (tertiary/aromatic N) is 1. The van der Waals surface area contributed by atoms with Gasteiger partial charge in [-0.2, -0.15) is 0 Å². The summed E-state index contributed by atoms with van der Waals surface area (Å²) in [4.78, 5) is 13.3. The van der Waals surface area contributed by atoms with Crippen LogP contribution in [0, 0.1) is 0 Å². The number of hydrogen-bond acceptors (Lipinski definition) is 5. The first-order chi connectivity index (χ1) is 15.3. The Morgan fingerprint density at radius 2 is 1.75 bits per heavy atom. The first-order valence-corrected chi connectivity index (χ1v) is 12.9. The van der Waals surface area contributed by atoms with E-state index in [1.54, 1.807) is 24.3 Å². The summed E-state index contributed by atoms with van der Waals surface area (Å²) in [5.41, 5.74) is 1.07. The molecule has 0 aromatic heterocycles. The minimum Gasteiger partial charge on any atom is -0.487 e. The van der Waals surface area contributed by atoms with E-state index in [1.165, 1.54) is 4.31 Å². The van der Waals surface area contributed by atoms with Gasteiger partial charge >= 0.3 is 0 Å². The van der Waals surface area contributed by atoms with Crippen molar-refractivity contribution >= 4 is 21.6 Å². The van der Waals surface area contributed by atoms with Gasteiger partial charge in [0.25, 0.3) is 5.91 Å². The minimum atomic E-state index is -3.50. The molecular weight excluding hydrogens is 428 g/mol. The van der Waals surface area contributed by atoms with Gasteiger partial charge in [0.15, 0.2) is 6.10 Å². The summed E-state index contributed by atoms with van der Waals surface area (Å²) < 4.78 is 38.3. The van der Waals surface area contributed by atoms with Gasteiger partial charge < -0.3 is 14.8 Å². The molecule has 2 aliphatic rings. The Bertz CT molecular complexity index is 1100. The third-order valence-corrected chi connectivity index (χ3v) is 7.67. The number of sulfonamides is 1. The van der Waals surface area contributed by atoms with Crippen LogP contribution in [0.25, 0.3) is 0 Å². The molecule has 4 rings (SSSR count). The smallest absolute Gasteiger partial charge is 0.261 e. The van der Waals surface area contributed by atoms with Crippen LogP contribution in [0.3, 0.4) is 0 Å². The van der Waals surface area contributed by atoms with Gasteiger partial charge in [-0.3, -0.25) is 9.10 Å². The molecule has 0 unspecified atom stereocenters. The topological polar surface area (TPSA) is 84.9 Å². The predicted molar refractivity (Wildman–Crippen MR) is 124 cm³/mol. The Kier molecular flexibility index (Phi) is 6.07. The van der Waals surface area contributed by atoms with Gasteiger partial charge in [-0.1, -0.05) is 44.2 Å². The summed E-state index contributed by atoms with van der Waals surface area (Å²) in [5.74, 6) is 0.931. The molecule has 0 aliphatic carbocycles. The van der Waals surface area contributed by atoms with E-state index in [4.69, 9.17) is 9.47 Å². The second kappa shape index (κ2) is 8.65. The molecule has 0 saturated carbocycles. The normalized spacial score (nSPS) is 21.9. The van der Waals surface area contributed by atoms with E-state index in [1.807, 2.05) is 24.3 Å². The highest BCUT2D eigenvalue weighted by Crippen LogP contribution is 2.43. The van der Waals surface area contributed by atoms with Crippen LogP contribution in [0.2, 0.25) is 0 Å². The fourth-order valence-electron chi connectivity index (χ4n) is 4.55. The highest BCUT2D eigenvalue weighted by atomic mass is 32.2. The molecule has 0 bridgehead atoms. The third kappa shape index (κ3) is 4.28. The van der Waals surface area contributed by atoms with Crippen molar-refractivity contribution in [2.75, 3.05) is 17.1 Å². The summed E-state index contributed by atoms with van der Waals surface area (Å²) in [6.45, 7) is 4.37.